The molecule has 0 radical (unpaired) electrons. The number of aryl methyl sites for hydroxylation is 1. The number of likely N-dealkylation sites (N-methyl/N-ethyl adjacent to an activating group) is 1. The molecule has 0 saturated carbocycles. The average Bonchev–Trinajstić information content (AvgIpc) is 3.67. The van der Waals surface area contributed by atoms with E-state index < -0.39 is 6.17 Å². The monoisotopic (exact) mass is 630 g/mol. The van der Waals surface area contributed by atoms with Crippen LogP contribution in [0, 0.1) is 20.4 Å². The molecule has 1 aromatic carbocycles. The number of anilines is 2. The van der Waals surface area contributed by atoms with E-state index in [0.717, 1.165) is 43.0 Å². The number of carbonyl (C=O) groups is 1. The first-order valence-corrected chi connectivity index (χ1v) is 16.8. The summed E-state index contributed by atoms with van der Waals surface area (Å²) in [4.78, 5) is 37.8. The largest absolute Gasteiger partial charge is 0.462 e. The van der Waals surface area contributed by atoms with Crippen LogP contribution in [0.25, 0.3) is 4.85 Å². The number of carbonyl (C=O) groups excluding carboxylic acids is 1. The molecule has 2 aromatic rings. The minimum Gasteiger partial charge on any atom is -0.462 e. The highest BCUT2D eigenvalue weighted by Gasteiger charge is 2.35. The molecule has 1 aromatic heterocycles. The van der Waals surface area contributed by atoms with E-state index in [4.69, 9.17) is 21.3 Å². The predicted octanol–water partition coefficient (Wildman–Crippen LogP) is 3.67. The van der Waals surface area contributed by atoms with E-state index in [-0.39, 0.29) is 18.5 Å². The topological polar surface area (TPSA) is 72.6 Å². The van der Waals surface area contributed by atoms with Gasteiger partial charge < -0.3 is 29.2 Å². The molecule has 6 rings (SSSR count). The Balaban J connectivity index is 1.22. The highest BCUT2D eigenvalue weighted by Crippen LogP contribution is 2.34. The van der Waals surface area contributed by atoms with Gasteiger partial charge in [0, 0.05) is 69.2 Å². The van der Waals surface area contributed by atoms with E-state index in [2.05, 4.69) is 58.6 Å². The van der Waals surface area contributed by atoms with Crippen LogP contribution in [0.1, 0.15) is 41.6 Å². The van der Waals surface area contributed by atoms with Gasteiger partial charge in [0.1, 0.15) is 24.6 Å². The first-order valence-electron chi connectivity index (χ1n) is 16.8. The lowest BCUT2D eigenvalue weighted by atomic mass is 10.0. The van der Waals surface area contributed by atoms with Crippen molar-refractivity contribution >= 4 is 17.4 Å². The molecule has 3 saturated heterocycles. The third-order valence-corrected chi connectivity index (χ3v) is 10.2. The molecular formula is C35H47FN8O2. The molecule has 3 atom stereocenters. The number of aromatic nitrogens is 2. The third-order valence-electron chi connectivity index (χ3n) is 10.2. The molecule has 4 aliphatic heterocycles. The zero-order valence-electron chi connectivity index (χ0n) is 27.5. The number of hydrogen-bond donors (Lipinski definition) is 0. The van der Waals surface area contributed by atoms with Crippen molar-refractivity contribution in [2.45, 2.75) is 64.3 Å². The van der Waals surface area contributed by atoms with Crippen molar-refractivity contribution in [1.82, 2.24) is 24.7 Å². The van der Waals surface area contributed by atoms with Gasteiger partial charge in [-0.05, 0) is 70.3 Å². The van der Waals surface area contributed by atoms with Crippen LogP contribution < -0.4 is 14.5 Å². The van der Waals surface area contributed by atoms with Gasteiger partial charge in [-0.15, -0.1) is 0 Å². The fourth-order valence-electron chi connectivity index (χ4n) is 7.31. The number of nitrogens with zero attached hydrogens (tertiary/aromatic N) is 8. The molecule has 0 spiro atoms. The van der Waals surface area contributed by atoms with E-state index in [1.807, 2.05) is 15.9 Å². The maximum absolute atomic E-state index is 13.6. The second kappa shape index (κ2) is 14.3. The summed E-state index contributed by atoms with van der Waals surface area (Å²) in [5.41, 5.74) is 5.89. The Labute approximate surface area is 272 Å². The van der Waals surface area contributed by atoms with E-state index in [0.29, 0.717) is 70.9 Å². The highest BCUT2D eigenvalue weighted by molar-refractivity contribution is 5.88. The lowest BCUT2D eigenvalue weighted by Gasteiger charge is -2.41. The molecule has 5 heterocycles. The van der Waals surface area contributed by atoms with E-state index in [1.165, 1.54) is 23.2 Å². The fraction of sp³-hybridized carbons (Fsp3) is 0.600. The van der Waals surface area contributed by atoms with Crippen LogP contribution in [0.2, 0.25) is 0 Å². The Kier molecular flexibility index (Phi) is 10.0. The molecule has 0 aliphatic carbocycles. The Morgan fingerprint density at radius 1 is 1.09 bits per heavy atom. The first-order chi connectivity index (χ1) is 22.3. The van der Waals surface area contributed by atoms with Gasteiger partial charge in [0.25, 0.3) is 0 Å². The van der Waals surface area contributed by atoms with E-state index in [9.17, 15) is 9.18 Å². The highest BCUT2D eigenvalue weighted by atomic mass is 19.1. The standard InChI is InChI=1S/C35H47FN8O2/c1-25-8-5-10-32(26(25)2)42-17-13-30-31(23-42)38-35(46-24-28-9-6-14-40(28)4)39-34(30)43-18-19-44(29(22-43)20-37-3)33(45)11-7-15-41-16-12-27(36)21-41/h5,7-8,10-11,27-29H,6,9,12-24H2,1-2,4H3/b11-7+/t27?,28-,29-/m0/s1. The van der Waals surface area contributed by atoms with Gasteiger partial charge in [0.2, 0.25) is 12.5 Å². The zero-order chi connectivity index (χ0) is 32.2. The van der Waals surface area contributed by atoms with Gasteiger partial charge in [-0.1, -0.05) is 18.2 Å². The van der Waals surface area contributed by atoms with Gasteiger partial charge >= 0.3 is 6.01 Å². The number of amides is 1. The maximum atomic E-state index is 13.6. The number of piperazine rings is 1. The maximum Gasteiger partial charge on any atom is 0.318 e. The van der Waals surface area contributed by atoms with Crippen LogP contribution in [0.4, 0.5) is 15.9 Å². The molecular weight excluding hydrogens is 583 g/mol. The van der Waals surface area contributed by atoms with Crippen LogP contribution in [0.5, 0.6) is 6.01 Å². The molecule has 246 valence electrons. The normalized spacial score (nSPS) is 24.1. The minimum atomic E-state index is -0.780. The van der Waals surface area contributed by atoms with Crippen molar-refractivity contribution in [2.24, 2.45) is 0 Å². The number of fused-ring (bicyclic) bond motifs is 1. The van der Waals surface area contributed by atoms with Crippen molar-refractivity contribution in [3.63, 3.8) is 0 Å². The summed E-state index contributed by atoms with van der Waals surface area (Å²) in [6.45, 7) is 18.7. The summed E-state index contributed by atoms with van der Waals surface area (Å²) in [7, 11) is 2.14. The van der Waals surface area contributed by atoms with Crippen molar-refractivity contribution in [2.75, 3.05) is 82.4 Å². The van der Waals surface area contributed by atoms with Crippen LogP contribution in [0.3, 0.4) is 0 Å². The fourth-order valence-corrected chi connectivity index (χ4v) is 7.31. The van der Waals surface area contributed by atoms with Gasteiger partial charge in [0.05, 0.1) is 12.2 Å². The average molecular weight is 631 g/mol. The molecule has 0 N–H and O–H groups in total. The number of rotatable bonds is 9. The van der Waals surface area contributed by atoms with Gasteiger partial charge in [-0.2, -0.15) is 9.97 Å². The summed E-state index contributed by atoms with van der Waals surface area (Å²) in [5, 5.41) is 0. The Hall–Kier alpha value is -3.75. The van der Waals surface area contributed by atoms with Crippen molar-refractivity contribution in [3.8, 4) is 6.01 Å². The SMILES string of the molecule is [C-]#[N+]C[C@H]1CN(c2nc(OC[C@@H]3CCCN3C)nc3c2CCN(c2cccc(C)c2C)C3)CCN1C(=O)/C=C/CN1CCC(F)C1. The molecule has 11 heteroatoms. The molecule has 3 fully saturated rings. The zero-order valence-corrected chi connectivity index (χ0v) is 27.5. The Morgan fingerprint density at radius 3 is 2.72 bits per heavy atom. The summed E-state index contributed by atoms with van der Waals surface area (Å²) < 4.78 is 19.9. The molecule has 1 unspecified atom stereocenters. The lowest BCUT2D eigenvalue weighted by Crippen LogP contribution is -2.56. The lowest BCUT2D eigenvalue weighted by molar-refractivity contribution is -0.128. The van der Waals surface area contributed by atoms with Gasteiger partial charge in [-0.3, -0.25) is 9.69 Å². The first kappa shape index (κ1) is 32.2. The minimum absolute atomic E-state index is 0.0946. The van der Waals surface area contributed by atoms with Gasteiger partial charge in [0.15, 0.2) is 0 Å². The molecule has 1 amide bonds. The summed E-state index contributed by atoms with van der Waals surface area (Å²) >= 11 is 0. The Morgan fingerprint density at radius 2 is 1.96 bits per heavy atom. The van der Waals surface area contributed by atoms with Gasteiger partial charge in [-0.25, -0.2) is 11.0 Å². The van der Waals surface area contributed by atoms with Crippen LogP contribution in [-0.2, 0) is 17.8 Å². The smallest absolute Gasteiger partial charge is 0.318 e. The van der Waals surface area contributed by atoms with Crippen LogP contribution in [-0.4, -0.2) is 121 Å². The van der Waals surface area contributed by atoms with Crippen LogP contribution >= 0.6 is 0 Å². The number of alkyl halides is 1. The number of ether oxygens (including phenoxy) is 1. The summed E-state index contributed by atoms with van der Waals surface area (Å²) in [6.07, 6.45) is 6.27. The van der Waals surface area contributed by atoms with Crippen molar-refractivity contribution in [1.29, 1.82) is 0 Å². The third kappa shape index (κ3) is 7.13. The molecule has 46 heavy (non-hydrogen) atoms. The second-order valence-electron chi connectivity index (χ2n) is 13.3. The number of hydrogen-bond acceptors (Lipinski definition) is 8. The summed E-state index contributed by atoms with van der Waals surface area (Å²) in [6, 6.07) is 6.94. The quantitative estimate of drug-likeness (QED) is 0.307. The molecule has 0 bridgehead atoms. The molecule has 4 aliphatic rings. The van der Waals surface area contributed by atoms with E-state index in [1.54, 1.807) is 6.08 Å². The number of halogens is 1. The van der Waals surface area contributed by atoms with Crippen LogP contribution in [0.15, 0.2) is 30.4 Å². The van der Waals surface area contributed by atoms with Crippen molar-refractivity contribution in [3.05, 3.63) is 64.2 Å². The van der Waals surface area contributed by atoms with Crippen molar-refractivity contribution < 1.29 is 13.9 Å². The molecule has 10 nitrogen and oxygen atoms in total. The Bertz CT molecular complexity index is 1480. The second-order valence-corrected chi connectivity index (χ2v) is 13.3. The number of benzene rings is 1. The summed E-state index contributed by atoms with van der Waals surface area (Å²) in [5.74, 6) is 0.774. The van der Waals surface area contributed by atoms with E-state index >= 15 is 0 Å². The predicted molar refractivity (Wildman–Crippen MR) is 178 cm³/mol. The number of likely N-dealkylation sites (tertiary alicyclic amines) is 2.